The summed E-state index contributed by atoms with van der Waals surface area (Å²) >= 11 is 0. The van der Waals surface area contributed by atoms with Crippen LogP contribution in [0.1, 0.15) is 52.5 Å². The van der Waals surface area contributed by atoms with Crippen molar-refractivity contribution in [1.29, 1.82) is 0 Å². The van der Waals surface area contributed by atoms with Gasteiger partial charge in [0.1, 0.15) is 0 Å². The highest BCUT2D eigenvalue weighted by Crippen LogP contribution is 2.38. The molecule has 2 amide bonds. The third-order valence-corrected chi connectivity index (χ3v) is 11.3. The van der Waals surface area contributed by atoms with Gasteiger partial charge in [0.25, 0.3) is 0 Å². The van der Waals surface area contributed by atoms with Crippen molar-refractivity contribution in [1.82, 2.24) is 14.5 Å². The zero-order chi connectivity index (χ0) is 35.3. The minimum absolute atomic E-state index is 0.0222. The van der Waals surface area contributed by atoms with Gasteiger partial charge in [-0.2, -0.15) is 4.31 Å². The van der Waals surface area contributed by atoms with E-state index in [9.17, 15) is 28.2 Å². The molecule has 270 valence electrons. The van der Waals surface area contributed by atoms with Crippen molar-refractivity contribution in [2.75, 3.05) is 39.6 Å². The van der Waals surface area contributed by atoms with Crippen LogP contribution in [0.4, 0.5) is 4.79 Å². The van der Waals surface area contributed by atoms with Gasteiger partial charge in [-0.25, -0.2) is 13.2 Å². The van der Waals surface area contributed by atoms with Crippen molar-refractivity contribution in [3.8, 4) is 11.5 Å². The number of hydrogen-bond acceptors (Lipinski definition) is 9. The second-order valence-electron chi connectivity index (χ2n) is 14.1. The maximum atomic E-state index is 14.4. The highest BCUT2D eigenvalue weighted by molar-refractivity contribution is 7.89. The molecule has 0 spiro atoms. The highest BCUT2D eigenvalue weighted by Gasteiger charge is 2.49. The van der Waals surface area contributed by atoms with Crippen molar-refractivity contribution in [3.63, 3.8) is 0 Å². The van der Waals surface area contributed by atoms with Gasteiger partial charge in [0.15, 0.2) is 17.8 Å². The molecular formula is C35H49N3O10S. The average molecular weight is 704 g/mol. The van der Waals surface area contributed by atoms with E-state index in [4.69, 9.17) is 18.9 Å². The summed E-state index contributed by atoms with van der Waals surface area (Å²) in [7, 11) is -4.23. The van der Waals surface area contributed by atoms with Gasteiger partial charge in [-0.1, -0.05) is 58.0 Å². The number of ether oxygens (including phenoxy) is 4. The van der Waals surface area contributed by atoms with Crippen LogP contribution in [0.2, 0.25) is 0 Å². The lowest BCUT2D eigenvalue weighted by Crippen LogP contribution is -2.58. The number of nitrogens with zero attached hydrogens (tertiary/aromatic N) is 2. The number of sulfonamides is 1. The van der Waals surface area contributed by atoms with E-state index in [-0.39, 0.29) is 55.5 Å². The van der Waals surface area contributed by atoms with Crippen molar-refractivity contribution < 1.29 is 47.2 Å². The first-order chi connectivity index (χ1) is 23.3. The van der Waals surface area contributed by atoms with Crippen LogP contribution in [0.25, 0.3) is 0 Å². The number of carbonyl (C=O) groups is 2. The molecular weight excluding hydrogens is 654 g/mol. The Balaban J connectivity index is 1.45. The van der Waals surface area contributed by atoms with Crippen LogP contribution in [-0.4, -0.2) is 104 Å². The van der Waals surface area contributed by atoms with E-state index in [1.165, 1.54) is 27.4 Å². The minimum Gasteiger partial charge on any atom is -0.465 e. The number of aliphatic hydroxyl groups is 1. The van der Waals surface area contributed by atoms with Gasteiger partial charge < -0.3 is 34.5 Å². The Bertz CT molecular complexity index is 1550. The van der Waals surface area contributed by atoms with Crippen LogP contribution in [-0.2, 0) is 30.7 Å². The lowest BCUT2D eigenvalue weighted by Gasteiger charge is -2.40. The van der Waals surface area contributed by atoms with Gasteiger partial charge in [0.2, 0.25) is 22.7 Å². The van der Waals surface area contributed by atoms with Crippen LogP contribution in [0, 0.1) is 17.3 Å². The fraction of sp³-hybridized carbons (Fsp3) is 0.600. The molecule has 3 aliphatic rings. The number of carboxylic acid groups (broad SMARTS) is 1. The molecule has 5 atom stereocenters. The van der Waals surface area contributed by atoms with E-state index in [0.717, 1.165) is 5.56 Å². The first-order valence-corrected chi connectivity index (χ1v) is 18.3. The zero-order valence-corrected chi connectivity index (χ0v) is 29.4. The predicted molar refractivity (Wildman–Crippen MR) is 180 cm³/mol. The quantitative estimate of drug-likeness (QED) is 0.220. The monoisotopic (exact) mass is 703 g/mol. The van der Waals surface area contributed by atoms with Crippen LogP contribution < -0.4 is 14.8 Å². The number of aliphatic hydroxyl groups excluding tert-OH is 1. The summed E-state index contributed by atoms with van der Waals surface area (Å²) in [6.07, 6.45) is -1.20. The fourth-order valence-corrected chi connectivity index (χ4v) is 8.50. The molecule has 2 saturated heterocycles. The fourth-order valence-electron chi connectivity index (χ4n) is 6.84. The van der Waals surface area contributed by atoms with Crippen LogP contribution in [0.15, 0.2) is 53.4 Å². The molecule has 0 aliphatic carbocycles. The Kier molecular flexibility index (Phi) is 11.8. The van der Waals surface area contributed by atoms with E-state index in [2.05, 4.69) is 5.32 Å². The maximum Gasteiger partial charge on any atom is 0.407 e. The predicted octanol–water partition coefficient (Wildman–Crippen LogP) is 3.70. The summed E-state index contributed by atoms with van der Waals surface area (Å²) in [4.78, 5) is 26.3. The van der Waals surface area contributed by atoms with E-state index in [0.29, 0.717) is 43.9 Å². The molecule has 3 N–H and O–H groups in total. The van der Waals surface area contributed by atoms with Gasteiger partial charge in [-0.05, 0) is 48.8 Å². The first kappa shape index (κ1) is 36.8. The molecule has 14 heteroatoms. The Morgan fingerprint density at radius 2 is 1.80 bits per heavy atom. The van der Waals surface area contributed by atoms with Crippen molar-refractivity contribution in [2.45, 2.75) is 82.8 Å². The lowest BCUT2D eigenvalue weighted by molar-refractivity contribution is -0.124. The molecule has 2 fully saturated rings. The molecule has 2 aromatic rings. The number of nitrogens with one attached hydrogen (secondary N) is 1. The van der Waals surface area contributed by atoms with E-state index in [1.54, 1.807) is 0 Å². The smallest absolute Gasteiger partial charge is 0.407 e. The largest absolute Gasteiger partial charge is 0.465 e. The zero-order valence-electron chi connectivity index (χ0n) is 28.6. The molecule has 0 unspecified atom stereocenters. The van der Waals surface area contributed by atoms with Gasteiger partial charge >= 0.3 is 6.09 Å². The lowest BCUT2D eigenvalue weighted by atomic mass is 9.87. The van der Waals surface area contributed by atoms with E-state index in [1.807, 2.05) is 58.0 Å². The molecule has 3 aliphatic heterocycles. The van der Waals surface area contributed by atoms with E-state index < -0.39 is 46.0 Å². The molecule has 0 bridgehead atoms. The van der Waals surface area contributed by atoms with E-state index >= 15 is 0 Å². The Hall–Kier alpha value is -3.43. The van der Waals surface area contributed by atoms with Gasteiger partial charge in [0.05, 0.1) is 36.3 Å². The summed E-state index contributed by atoms with van der Waals surface area (Å²) in [5.41, 5.74) is 0.214. The highest BCUT2D eigenvalue weighted by atomic mass is 32.2. The topological polar surface area (TPSA) is 164 Å². The molecule has 3 heterocycles. The standard InChI is InChI=1S/C35H49N3O10S/c1-23(2)32(40)36-15-8-14-35(3,4)21-37(49(43,44)25-11-12-30-31(18-25)48-22-47-30)19-29(39)27(17-24-9-6-5-7-10-24)38(34(41)42)28-20-46-33-26(28)13-16-45-33/h5-7,9-12,18,23,26-29,33,39H,8,13-17,19-22H2,1-4H3,(H,36,40)(H,41,42)/t26-,27-,28-,29+,33+/m0/s1. The Morgan fingerprint density at radius 1 is 1.06 bits per heavy atom. The third kappa shape index (κ3) is 8.84. The first-order valence-electron chi connectivity index (χ1n) is 16.9. The minimum atomic E-state index is -4.23. The number of fused-ring (bicyclic) bond motifs is 2. The summed E-state index contributed by atoms with van der Waals surface area (Å²) < 4.78 is 52.4. The second-order valence-corrected chi connectivity index (χ2v) is 16.1. The number of amides is 2. The molecule has 2 aromatic carbocycles. The Morgan fingerprint density at radius 3 is 2.51 bits per heavy atom. The number of carbonyl (C=O) groups excluding carboxylic acids is 1. The molecule has 0 aromatic heterocycles. The molecule has 0 radical (unpaired) electrons. The third-order valence-electron chi connectivity index (χ3n) is 9.51. The summed E-state index contributed by atoms with van der Waals surface area (Å²) in [5.74, 6) is 0.334. The second kappa shape index (κ2) is 15.6. The van der Waals surface area contributed by atoms with Crippen molar-refractivity contribution >= 4 is 22.0 Å². The molecule has 5 rings (SSSR count). The Labute approximate surface area is 288 Å². The normalized spacial score (nSPS) is 21.5. The molecule has 13 nitrogen and oxygen atoms in total. The molecule has 0 saturated carbocycles. The van der Waals surface area contributed by atoms with Gasteiger partial charge in [0, 0.05) is 37.5 Å². The number of hydrogen-bond donors (Lipinski definition) is 3. The summed E-state index contributed by atoms with van der Waals surface area (Å²) in [6.45, 7) is 8.14. The average Bonchev–Trinajstić information content (AvgIpc) is 3.81. The maximum absolute atomic E-state index is 14.4. The number of rotatable bonds is 16. The van der Waals surface area contributed by atoms with Gasteiger partial charge in [-0.15, -0.1) is 0 Å². The van der Waals surface area contributed by atoms with Crippen LogP contribution in [0.5, 0.6) is 11.5 Å². The van der Waals surface area contributed by atoms with Crippen molar-refractivity contribution in [3.05, 3.63) is 54.1 Å². The molecule has 49 heavy (non-hydrogen) atoms. The van der Waals surface area contributed by atoms with Crippen LogP contribution >= 0.6 is 0 Å². The van der Waals surface area contributed by atoms with Crippen molar-refractivity contribution in [2.24, 2.45) is 17.3 Å². The number of benzene rings is 2. The SMILES string of the molecule is CC(C)C(=O)NCCCC(C)(C)CN(C[C@@H](O)[C@H](Cc1ccccc1)N(C(=O)O)[C@H]1CO[C@H]2OCC[C@H]21)S(=O)(=O)c1ccc2c(c1)OCO2. The summed E-state index contributed by atoms with van der Waals surface area (Å²) in [5, 5.41) is 25.6. The summed E-state index contributed by atoms with van der Waals surface area (Å²) in [6, 6.07) is 12.1. The van der Waals surface area contributed by atoms with Gasteiger partial charge in [-0.3, -0.25) is 9.69 Å². The van der Waals surface area contributed by atoms with Crippen LogP contribution in [0.3, 0.4) is 0 Å².